The van der Waals surface area contributed by atoms with Gasteiger partial charge >= 0.3 is 0 Å². The Morgan fingerprint density at radius 2 is 2.00 bits per heavy atom. The molecule has 7 heteroatoms. The fraction of sp³-hybridized carbons (Fsp3) is 0.368. The van der Waals surface area contributed by atoms with Crippen molar-refractivity contribution in [2.75, 3.05) is 26.0 Å². The number of amides is 2. The van der Waals surface area contributed by atoms with Crippen LogP contribution in [0.3, 0.4) is 0 Å². The highest BCUT2D eigenvalue weighted by atomic mass is 32.1. The molecule has 3 rings (SSSR count). The molecule has 0 atom stereocenters. The van der Waals surface area contributed by atoms with Crippen LogP contribution in [0.2, 0.25) is 0 Å². The van der Waals surface area contributed by atoms with E-state index < -0.39 is 5.91 Å². The molecule has 0 bridgehead atoms. The molecule has 0 saturated carbocycles. The third-order valence-corrected chi connectivity index (χ3v) is 5.65. The molecule has 1 aromatic heterocycles. The van der Waals surface area contributed by atoms with Crippen LogP contribution in [0.5, 0.6) is 5.75 Å². The SMILES string of the molecule is COc1ccc(CN(C)CC(=O)Nc2sc3c(c2C(N)=O)CCC3)cc1. The van der Waals surface area contributed by atoms with Gasteiger partial charge in [0, 0.05) is 11.4 Å². The maximum Gasteiger partial charge on any atom is 0.251 e. The molecule has 6 nitrogen and oxygen atoms in total. The lowest BCUT2D eigenvalue weighted by atomic mass is 10.1. The highest BCUT2D eigenvalue weighted by molar-refractivity contribution is 7.17. The Morgan fingerprint density at radius 1 is 1.27 bits per heavy atom. The van der Waals surface area contributed by atoms with E-state index in [1.165, 1.54) is 16.2 Å². The summed E-state index contributed by atoms with van der Waals surface area (Å²) in [6.45, 7) is 0.869. The normalized spacial score (nSPS) is 12.9. The van der Waals surface area contributed by atoms with Gasteiger partial charge < -0.3 is 15.8 Å². The molecule has 1 aromatic carbocycles. The molecule has 2 aromatic rings. The zero-order chi connectivity index (χ0) is 18.7. The van der Waals surface area contributed by atoms with Crippen molar-refractivity contribution in [1.29, 1.82) is 0 Å². The number of primary amides is 1. The van der Waals surface area contributed by atoms with Gasteiger partial charge in [-0.25, -0.2) is 0 Å². The maximum atomic E-state index is 12.4. The summed E-state index contributed by atoms with van der Waals surface area (Å²) in [5.41, 5.74) is 8.13. The van der Waals surface area contributed by atoms with Crippen LogP contribution in [-0.2, 0) is 24.2 Å². The van der Waals surface area contributed by atoms with Crippen LogP contribution in [0.4, 0.5) is 5.00 Å². The molecule has 138 valence electrons. The lowest BCUT2D eigenvalue weighted by Crippen LogP contribution is -2.30. The van der Waals surface area contributed by atoms with Gasteiger partial charge in [0.05, 0.1) is 19.2 Å². The topological polar surface area (TPSA) is 84.7 Å². The van der Waals surface area contributed by atoms with E-state index in [-0.39, 0.29) is 12.5 Å². The summed E-state index contributed by atoms with van der Waals surface area (Å²) in [5.74, 6) is 0.189. The zero-order valence-corrected chi connectivity index (χ0v) is 15.8. The van der Waals surface area contributed by atoms with Gasteiger partial charge in [0.2, 0.25) is 5.91 Å². The minimum atomic E-state index is -0.466. The van der Waals surface area contributed by atoms with Gasteiger partial charge in [0.25, 0.3) is 5.91 Å². The fourth-order valence-corrected chi connectivity index (χ4v) is 4.57. The number of fused-ring (bicyclic) bond motifs is 1. The van der Waals surface area contributed by atoms with E-state index in [9.17, 15) is 9.59 Å². The van der Waals surface area contributed by atoms with Crippen LogP contribution >= 0.6 is 11.3 Å². The summed E-state index contributed by atoms with van der Waals surface area (Å²) >= 11 is 1.48. The summed E-state index contributed by atoms with van der Waals surface area (Å²) in [5, 5.41) is 3.46. The van der Waals surface area contributed by atoms with E-state index in [0.717, 1.165) is 36.1 Å². The van der Waals surface area contributed by atoms with Gasteiger partial charge in [0.15, 0.2) is 0 Å². The summed E-state index contributed by atoms with van der Waals surface area (Å²) in [7, 11) is 3.51. The number of hydrogen-bond donors (Lipinski definition) is 2. The van der Waals surface area contributed by atoms with E-state index in [0.29, 0.717) is 17.1 Å². The van der Waals surface area contributed by atoms with E-state index in [1.807, 2.05) is 36.2 Å². The van der Waals surface area contributed by atoms with Crippen molar-refractivity contribution in [1.82, 2.24) is 4.90 Å². The van der Waals surface area contributed by atoms with Gasteiger partial charge in [-0.2, -0.15) is 0 Å². The third kappa shape index (κ3) is 4.05. The molecule has 0 unspecified atom stereocenters. The Balaban J connectivity index is 1.61. The largest absolute Gasteiger partial charge is 0.497 e. The van der Waals surface area contributed by atoms with Gasteiger partial charge in [-0.05, 0) is 49.6 Å². The Morgan fingerprint density at radius 3 is 2.65 bits per heavy atom. The first kappa shape index (κ1) is 18.4. The molecular weight excluding hydrogens is 350 g/mol. The van der Waals surface area contributed by atoms with Crippen molar-refractivity contribution in [2.24, 2.45) is 5.73 Å². The molecule has 0 fully saturated rings. The van der Waals surface area contributed by atoms with E-state index in [1.54, 1.807) is 7.11 Å². The lowest BCUT2D eigenvalue weighted by Gasteiger charge is -2.16. The number of rotatable bonds is 7. The fourth-order valence-electron chi connectivity index (χ4n) is 3.26. The summed E-state index contributed by atoms with van der Waals surface area (Å²) in [4.78, 5) is 27.3. The number of nitrogens with zero attached hydrogens (tertiary/aromatic N) is 1. The lowest BCUT2D eigenvalue weighted by molar-refractivity contribution is -0.117. The number of carbonyl (C=O) groups is 2. The van der Waals surface area contributed by atoms with Gasteiger partial charge in [0.1, 0.15) is 10.8 Å². The zero-order valence-electron chi connectivity index (χ0n) is 15.0. The highest BCUT2D eigenvalue weighted by Gasteiger charge is 2.26. The van der Waals surface area contributed by atoms with Crippen molar-refractivity contribution >= 4 is 28.2 Å². The number of methoxy groups -OCH3 is 1. The summed E-state index contributed by atoms with van der Waals surface area (Å²) < 4.78 is 5.15. The van der Waals surface area contributed by atoms with Crippen LogP contribution in [0.25, 0.3) is 0 Å². The number of nitrogens with two attached hydrogens (primary N) is 1. The number of carbonyl (C=O) groups excluding carboxylic acids is 2. The van der Waals surface area contributed by atoms with Gasteiger partial charge in [-0.1, -0.05) is 12.1 Å². The number of anilines is 1. The number of nitrogens with one attached hydrogen (secondary N) is 1. The number of likely N-dealkylation sites (N-methyl/N-ethyl adjacent to an activating group) is 1. The molecule has 0 aliphatic heterocycles. The monoisotopic (exact) mass is 373 g/mol. The summed E-state index contributed by atoms with van der Waals surface area (Å²) in [6.07, 6.45) is 2.85. The van der Waals surface area contributed by atoms with Crippen molar-refractivity contribution in [2.45, 2.75) is 25.8 Å². The van der Waals surface area contributed by atoms with Crippen molar-refractivity contribution in [3.63, 3.8) is 0 Å². The molecular formula is C19H23N3O3S. The molecule has 1 heterocycles. The van der Waals surface area contributed by atoms with Crippen molar-refractivity contribution in [3.05, 3.63) is 45.8 Å². The quantitative estimate of drug-likeness (QED) is 0.781. The van der Waals surface area contributed by atoms with Crippen molar-refractivity contribution in [3.8, 4) is 5.75 Å². The number of benzene rings is 1. The molecule has 0 radical (unpaired) electrons. The number of thiophene rings is 1. The average molecular weight is 373 g/mol. The predicted molar refractivity (Wildman–Crippen MR) is 103 cm³/mol. The molecule has 1 aliphatic rings. The predicted octanol–water partition coefficient (Wildman–Crippen LogP) is 2.41. The van der Waals surface area contributed by atoms with E-state index in [2.05, 4.69) is 5.32 Å². The summed E-state index contributed by atoms with van der Waals surface area (Å²) in [6, 6.07) is 7.75. The van der Waals surface area contributed by atoms with Gasteiger partial charge in [-0.15, -0.1) is 11.3 Å². The molecule has 3 N–H and O–H groups in total. The van der Waals surface area contributed by atoms with Crippen LogP contribution in [0, 0.1) is 0 Å². The first-order valence-corrected chi connectivity index (χ1v) is 9.35. The molecule has 2 amide bonds. The van der Waals surface area contributed by atoms with Gasteiger partial charge in [-0.3, -0.25) is 14.5 Å². The molecule has 0 saturated heterocycles. The second-order valence-corrected chi connectivity index (χ2v) is 7.60. The van der Waals surface area contributed by atoms with E-state index in [4.69, 9.17) is 10.5 Å². The smallest absolute Gasteiger partial charge is 0.251 e. The average Bonchev–Trinajstić information content (AvgIpc) is 3.15. The number of hydrogen-bond acceptors (Lipinski definition) is 5. The minimum absolute atomic E-state index is 0.150. The number of ether oxygens (including phenoxy) is 1. The Labute approximate surface area is 156 Å². The van der Waals surface area contributed by atoms with Crippen LogP contribution in [-0.4, -0.2) is 37.4 Å². The van der Waals surface area contributed by atoms with Crippen LogP contribution < -0.4 is 15.8 Å². The van der Waals surface area contributed by atoms with Crippen LogP contribution in [0.15, 0.2) is 24.3 Å². The Hall–Kier alpha value is -2.38. The maximum absolute atomic E-state index is 12.4. The molecule has 1 aliphatic carbocycles. The number of aryl methyl sites for hydroxylation is 1. The first-order valence-electron chi connectivity index (χ1n) is 8.53. The Kier molecular flexibility index (Phi) is 5.58. The first-order chi connectivity index (χ1) is 12.5. The third-order valence-electron chi connectivity index (χ3n) is 4.45. The van der Waals surface area contributed by atoms with E-state index >= 15 is 0 Å². The van der Waals surface area contributed by atoms with Crippen LogP contribution in [0.1, 0.15) is 32.8 Å². The minimum Gasteiger partial charge on any atom is -0.497 e. The highest BCUT2D eigenvalue weighted by Crippen LogP contribution is 2.38. The van der Waals surface area contributed by atoms with Crippen molar-refractivity contribution < 1.29 is 14.3 Å². The Bertz CT molecular complexity index is 814. The second kappa shape index (κ2) is 7.88. The molecule has 0 spiro atoms. The molecule has 26 heavy (non-hydrogen) atoms. The second-order valence-electron chi connectivity index (χ2n) is 6.49. The standard InChI is InChI=1S/C19H23N3O3S/c1-22(10-12-6-8-13(25-2)9-7-12)11-16(23)21-19-17(18(20)24)14-4-3-5-15(14)26-19/h6-9H,3-5,10-11H2,1-2H3,(H2,20,24)(H,21,23).